The van der Waals surface area contributed by atoms with Gasteiger partial charge in [0.2, 0.25) is 0 Å². The highest BCUT2D eigenvalue weighted by atomic mass is 15.2. The largest absolute Gasteiger partial charge is 0.313 e. The molecule has 0 radical (unpaired) electrons. The molecule has 2 heteroatoms. The van der Waals surface area contributed by atoms with Crippen LogP contribution in [0.4, 0.5) is 0 Å². The Bertz CT molecular complexity index is 434. The Balaban J connectivity index is 1.26. The zero-order valence-electron chi connectivity index (χ0n) is 11.6. The predicted molar refractivity (Wildman–Crippen MR) is 78.3 cm³/mol. The molecule has 19 heavy (non-hydrogen) atoms. The number of rotatable bonds is 6. The maximum atomic E-state index is 3.83. The SMILES string of the molecule is c1ccc(C2C[C@@H]2NCC2(CN3CCC3)CC2)cc1. The molecule has 2 saturated carbocycles. The van der Waals surface area contributed by atoms with Crippen molar-refractivity contribution in [1.29, 1.82) is 0 Å². The monoisotopic (exact) mass is 256 g/mol. The molecular weight excluding hydrogens is 232 g/mol. The van der Waals surface area contributed by atoms with Crippen LogP contribution in [0.25, 0.3) is 0 Å². The van der Waals surface area contributed by atoms with Gasteiger partial charge in [0.25, 0.3) is 0 Å². The Hall–Kier alpha value is -0.860. The Morgan fingerprint density at radius 3 is 2.58 bits per heavy atom. The van der Waals surface area contributed by atoms with Gasteiger partial charge < -0.3 is 10.2 Å². The second-order valence-corrected chi connectivity index (χ2v) is 6.87. The summed E-state index contributed by atoms with van der Waals surface area (Å²) in [5, 5.41) is 3.83. The van der Waals surface area contributed by atoms with E-state index >= 15 is 0 Å². The third-order valence-corrected chi connectivity index (χ3v) is 5.22. The van der Waals surface area contributed by atoms with Gasteiger partial charge in [-0.2, -0.15) is 0 Å². The summed E-state index contributed by atoms with van der Waals surface area (Å²) in [5.74, 6) is 0.779. The number of hydrogen-bond acceptors (Lipinski definition) is 2. The van der Waals surface area contributed by atoms with Gasteiger partial charge in [-0.25, -0.2) is 0 Å². The van der Waals surface area contributed by atoms with Gasteiger partial charge in [-0.05, 0) is 49.8 Å². The first-order valence-corrected chi connectivity index (χ1v) is 7.85. The van der Waals surface area contributed by atoms with Crippen molar-refractivity contribution >= 4 is 0 Å². The molecule has 3 fully saturated rings. The van der Waals surface area contributed by atoms with Crippen molar-refractivity contribution in [2.24, 2.45) is 5.41 Å². The number of benzene rings is 1. The van der Waals surface area contributed by atoms with Gasteiger partial charge in [-0.1, -0.05) is 30.3 Å². The van der Waals surface area contributed by atoms with E-state index in [1.165, 1.54) is 57.4 Å². The van der Waals surface area contributed by atoms with Crippen LogP contribution in [0.15, 0.2) is 30.3 Å². The van der Waals surface area contributed by atoms with E-state index in [0.29, 0.717) is 5.41 Å². The lowest BCUT2D eigenvalue weighted by atomic mass is 10.0. The van der Waals surface area contributed by atoms with E-state index in [-0.39, 0.29) is 0 Å². The van der Waals surface area contributed by atoms with Gasteiger partial charge in [-0.15, -0.1) is 0 Å². The van der Waals surface area contributed by atoms with Crippen LogP contribution in [0.1, 0.15) is 37.2 Å². The minimum absolute atomic E-state index is 0.643. The van der Waals surface area contributed by atoms with Crippen molar-refractivity contribution in [3.05, 3.63) is 35.9 Å². The molecule has 0 bridgehead atoms. The first-order chi connectivity index (χ1) is 9.35. The molecule has 3 aliphatic rings. The molecule has 1 heterocycles. The Morgan fingerprint density at radius 2 is 1.95 bits per heavy atom. The predicted octanol–water partition coefficient (Wildman–Crippen LogP) is 2.62. The summed E-state index contributed by atoms with van der Waals surface area (Å²) in [6, 6.07) is 11.7. The molecule has 1 N–H and O–H groups in total. The fraction of sp³-hybridized carbons (Fsp3) is 0.647. The molecule has 1 saturated heterocycles. The van der Waals surface area contributed by atoms with E-state index in [0.717, 1.165) is 12.0 Å². The number of hydrogen-bond donors (Lipinski definition) is 1. The van der Waals surface area contributed by atoms with Crippen LogP contribution in [-0.2, 0) is 0 Å². The van der Waals surface area contributed by atoms with Crippen molar-refractivity contribution in [2.45, 2.75) is 37.6 Å². The fourth-order valence-corrected chi connectivity index (χ4v) is 3.42. The topological polar surface area (TPSA) is 15.3 Å². The molecule has 2 aliphatic carbocycles. The van der Waals surface area contributed by atoms with E-state index in [4.69, 9.17) is 0 Å². The molecule has 0 aromatic heterocycles. The van der Waals surface area contributed by atoms with Crippen LogP contribution in [0.3, 0.4) is 0 Å². The van der Waals surface area contributed by atoms with E-state index in [1.807, 2.05) is 0 Å². The number of nitrogens with one attached hydrogen (secondary N) is 1. The Morgan fingerprint density at radius 1 is 1.16 bits per heavy atom. The first-order valence-electron chi connectivity index (χ1n) is 7.85. The summed E-state index contributed by atoms with van der Waals surface area (Å²) < 4.78 is 0. The van der Waals surface area contributed by atoms with Crippen LogP contribution >= 0.6 is 0 Å². The fourth-order valence-electron chi connectivity index (χ4n) is 3.42. The van der Waals surface area contributed by atoms with Gasteiger partial charge in [0.05, 0.1) is 0 Å². The molecule has 1 aliphatic heterocycles. The lowest BCUT2D eigenvalue weighted by molar-refractivity contribution is 0.142. The summed E-state index contributed by atoms with van der Waals surface area (Å²) in [7, 11) is 0. The Labute approximate surface area is 116 Å². The van der Waals surface area contributed by atoms with E-state index in [9.17, 15) is 0 Å². The van der Waals surface area contributed by atoms with E-state index < -0.39 is 0 Å². The third-order valence-electron chi connectivity index (χ3n) is 5.22. The summed E-state index contributed by atoms with van der Waals surface area (Å²) in [5.41, 5.74) is 2.16. The van der Waals surface area contributed by atoms with Crippen molar-refractivity contribution in [3.63, 3.8) is 0 Å². The van der Waals surface area contributed by atoms with Crippen molar-refractivity contribution in [3.8, 4) is 0 Å². The van der Waals surface area contributed by atoms with Gasteiger partial charge in [0.15, 0.2) is 0 Å². The summed E-state index contributed by atoms with van der Waals surface area (Å²) in [6.07, 6.45) is 5.64. The molecular formula is C17H24N2. The van der Waals surface area contributed by atoms with Gasteiger partial charge in [0, 0.05) is 25.0 Å². The molecule has 2 nitrogen and oxygen atoms in total. The van der Waals surface area contributed by atoms with E-state index in [2.05, 4.69) is 40.5 Å². The van der Waals surface area contributed by atoms with Crippen LogP contribution in [0, 0.1) is 5.41 Å². The van der Waals surface area contributed by atoms with Crippen molar-refractivity contribution in [2.75, 3.05) is 26.2 Å². The maximum Gasteiger partial charge on any atom is 0.0143 e. The third kappa shape index (κ3) is 2.56. The highest BCUT2D eigenvalue weighted by molar-refractivity contribution is 5.27. The van der Waals surface area contributed by atoms with Gasteiger partial charge in [-0.3, -0.25) is 0 Å². The Kier molecular flexibility index (Phi) is 2.89. The van der Waals surface area contributed by atoms with Gasteiger partial charge >= 0.3 is 0 Å². The highest BCUT2D eigenvalue weighted by Gasteiger charge is 2.46. The van der Waals surface area contributed by atoms with Crippen LogP contribution < -0.4 is 5.32 Å². The normalized spacial score (nSPS) is 31.8. The highest BCUT2D eigenvalue weighted by Crippen LogP contribution is 2.48. The zero-order valence-corrected chi connectivity index (χ0v) is 11.6. The zero-order chi connectivity index (χ0) is 12.7. The minimum atomic E-state index is 0.643. The molecule has 1 aromatic rings. The van der Waals surface area contributed by atoms with Crippen LogP contribution in [-0.4, -0.2) is 37.1 Å². The summed E-state index contributed by atoms with van der Waals surface area (Å²) >= 11 is 0. The minimum Gasteiger partial charge on any atom is -0.313 e. The maximum absolute atomic E-state index is 3.83. The molecule has 102 valence electrons. The average molecular weight is 256 g/mol. The van der Waals surface area contributed by atoms with Crippen LogP contribution in [0.2, 0.25) is 0 Å². The molecule has 4 rings (SSSR count). The van der Waals surface area contributed by atoms with Crippen molar-refractivity contribution in [1.82, 2.24) is 10.2 Å². The average Bonchev–Trinajstić information content (AvgIpc) is 3.29. The second-order valence-electron chi connectivity index (χ2n) is 6.87. The van der Waals surface area contributed by atoms with Gasteiger partial charge in [0.1, 0.15) is 0 Å². The van der Waals surface area contributed by atoms with Crippen LogP contribution in [0.5, 0.6) is 0 Å². The molecule has 1 aromatic carbocycles. The molecule has 0 amide bonds. The lowest BCUT2D eigenvalue weighted by Gasteiger charge is -2.34. The quantitative estimate of drug-likeness (QED) is 0.841. The number of nitrogens with zero attached hydrogens (tertiary/aromatic N) is 1. The molecule has 2 atom stereocenters. The number of likely N-dealkylation sites (tertiary alicyclic amines) is 1. The van der Waals surface area contributed by atoms with E-state index in [1.54, 1.807) is 0 Å². The molecule has 0 spiro atoms. The summed E-state index contributed by atoms with van der Waals surface area (Å²) in [6.45, 7) is 5.29. The summed E-state index contributed by atoms with van der Waals surface area (Å²) in [4.78, 5) is 2.64. The standard InChI is InChI=1S/C17H24N2/c1-2-5-14(6-3-1)15-11-16(15)18-12-17(7-8-17)13-19-9-4-10-19/h1-3,5-6,15-16,18H,4,7-13H2/t15?,16-/m0/s1. The lowest BCUT2D eigenvalue weighted by Crippen LogP contribution is -2.43. The smallest absolute Gasteiger partial charge is 0.0143 e. The second kappa shape index (κ2) is 4.60. The molecule has 1 unspecified atom stereocenters. The first kappa shape index (κ1) is 11.9. The van der Waals surface area contributed by atoms with Crippen molar-refractivity contribution < 1.29 is 0 Å².